The molecule has 0 atom stereocenters. The Balaban J connectivity index is 1.73. The smallest absolute Gasteiger partial charge is 0.246 e. The van der Waals surface area contributed by atoms with Crippen LogP contribution in [0.1, 0.15) is 21.6 Å². The Morgan fingerprint density at radius 3 is 2.86 bits per heavy atom. The van der Waals surface area contributed by atoms with E-state index in [9.17, 15) is 4.79 Å². The number of amides is 1. The van der Waals surface area contributed by atoms with Crippen LogP contribution in [0.25, 0.3) is 6.08 Å². The van der Waals surface area contributed by atoms with Crippen molar-refractivity contribution in [1.29, 1.82) is 5.26 Å². The summed E-state index contributed by atoms with van der Waals surface area (Å²) in [5, 5.41) is 9.69. The van der Waals surface area contributed by atoms with Gasteiger partial charge < -0.3 is 10.6 Å². The number of nitrogen functional groups attached to an aromatic ring is 1. The summed E-state index contributed by atoms with van der Waals surface area (Å²) in [4.78, 5) is 15.1. The second-order valence-electron chi connectivity index (χ2n) is 5.11. The number of rotatable bonds is 2. The van der Waals surface area contributed by atoms with Crippen LogP contribution in [0.5, 0.6) is 0 Å². The van der Waals surface area contributed by atoms with Crippen molar-refractivity contribution >= 4 is 28.3 Å². The van der Waals surface area contributed by atoms with Crippen molar-refractivity contribution in [2.45, 2.75) is 13.0 Å². The molecule has 0 fully saturated rings. The number of carbonyl (C=O) groups excluding carboxylic acids is 1. The molecule has 1 amide bonds. The van der Waals surface area contributed by atoms with Gasteiger partial charge in [0.05, 0.1) is 12.1 Å². The summed E-state index contributed by atoms with van der Waals surface area (Å²) in [5.74, 6) is -0.0139. The fourth-order valence-electron chi connectivity index (χ4n) is 2.57. The van der Waals surface area contributed by atoms with Crippen LogP contribution in [0, 0.1) is 11.3 Å². The van der Waals surface area contributed by atoms with Gasteiger partial charge in [-0.2, -0.15) is 5.26 Å². The number of carbonyl (C=O) groups is 1. The van der Waals surface area contributed by atoms with Crippen molar-refractivity contribution < 1.29 is 4.79 Å². The molecule has 22 heavy (non-hydrogen) atoms. The first kappa shape index (κ1) is 14.4. The first-order chi connectivity index (χ1) is 10.7. The molecule has 0 unspecified atom stereocenters. The van der Waals surface area contributed by atoms with E-state index < -0.39 is 0 Å². The number of nitrogens with two attached hydrogens (primary N) is 1. The van der Waals surface area contributed by atoms with Gasteiger partial charge >= 0.3 is 0 Å². The minimum absolute atomic E-state index is 0.0139. The van der Waals surface area contributed by atoms with E-state index in [0.717, 1.165) is 16.0 Å². The molecule has 0 spiro atoms. The highest BCUT2D eigenvalue weighted by Gasteiger charge is 2.25. The Labute approximate surface area is 133 Å². The van der Waals surface area contributed by atoms with Gasteiger partial charge in [0.25, 0.3) is 0 Å². The molecule has 110 valence electrons. The maximum absolute atomic E-state index is 12.3. The molecule has 1 aliphatic rings. The number of hydrogen-bond donors (Lipinski definition) is 1. The highest BCUT2D eigenvalue weighted by molar-refractivity contribution is 7.16. The fraction of sp³-hybridized carbons (Fsp3) is 0.176. The maximum atomic E-state index is 12.3. The van der Waals surface area contributed by atoms with Crippen molar-refractivity contribution in [1.82, 2.24) is 4.90 Å². The summed E-state index contributed by atoms with van der Waals surface area (Å²) in [7, 11) is 0. The second-order valence-corrected chi connectivity index (χ2v) is 6.25. The van der Waals surface area contributed by atoms with Crippen LogP contribution >= 0.6 is 11.3 Å². The van der Waals surface area contributed by atoms with Crippen LogP contribution in [0.15, 0.2) is 36.4 Å². The van der Waals surface area contributed by atoms with Crippen molar-refractivity contribution in [3.63, 3.8) is 0 Å². The minimum atomic E-state index is -0.0139. The summed E-state index contributed by atoms with van der Waals surface area (Å²) >= 11 is 1.41. The Bertz CT molecular complexity index is 771. The highest BCUT2D eigenvalue weighted by atomic mass is 32.1. The Hall–Kier alpha value is -2.58. The number of thiophene rings is 1. The molecule has 0 bridgehead atoms. The molecule has 2 aromatic rings. The molecule has 0 saturated heterocycles. The molecular formula is C17H15N3OS. The summed E-state index contributed by atoms with van der Waals surface area (Å²) in [5.41, 5.74) is 8.47. The average Bonchev–Trinajstić information content (AvgIpc) is 2.87. The van der Waals surface area contributed by atoms with Crippen molar-refractivity contribution in [2.24, 2.45) is 0 Å². The van der Waals surface area contributed by atoms with Gasteiger partial charge in [0.1, 0.15) is 11.1 Å². The normalized spacial score (nSPS) is 13.9. The van der Waals surface area contributed by atoms with E-state index in [1.807, 2.05) is 36.4 Å². The maximum Gasteiger partial charge on any atom is 0.246 e. The van der Waals surface area contributed by atoms with Gasteiger partial charge in [-0.25, -0.2) is 0 Å². The van der Waals surface area contributed by atoms with Crippen molar-refractivity contribution in [2.75, 3.05) is 12.3 Å². The van der Waals surface area contributed by atoms with Gasteiger partial charge in [-0.3, -0.25) is 4.79 Å². The van der Waals surface area contributed by atoms with E-state index >= 15 is 0 Å². The molecule has 1 aliphatic heterocycles. The van der Waals surface area contributed by atoms with Crippen LogP contribution in [0.4, 0.5) is 5.00 Å². The largest absolute Gasteiger partial charge is 0.389 e. The summed E-state index contributed by atoms with van der Waals surface area (Å²) in [6.07, 6.45) is 4.11. The van der Waals surface area contributed by atoms with Gasteiger partial charge in [0, 0.05) is 17.5 Å². The van der Waals surface area contributed by atoms with E-state index in [0.29, 0.717) is 30.1 Å². The number of benzene rings is 1. The minimum Gasteiger partial charge on any atom is -0.389 e. The number of anilines is 1. The second kappa shape index (κ2) is 6.04. The van der Waals surface area contributed by atoms with Crippen LogP contribution < -0.4 is 5.73 Å². The van der Waals surface area contributed by atoms with Crippen LogP contribution in [0.2, 0.25) is 0 Å². The van der Waals surface area contributed by atoms with E-state index in [-0.39, 0.29) is 5.91 Å². The summed E-state index contributed by atoms with van der Waals surface area (Å²) in [6, 6.07) is 11.9. The molecule has 5 heteroatoms. The lowest BCUT2D eigenvalue weighted by atomic mass is 10.0. The Kier molecular flexibility index (Phi) is 3.94. The molecular weight excluding hydrogens is 294 g/mol. The van der Waals surface area contributed by atoms with E-state index in [4.69, 9.17) is 11.0 Å². The molecule has 0 saturated carbocycles. The Morgan fingerprint density at radius 1 is 1.36 bits per heavy atom. The van der Waals surface area contributed by atoms with Crippen LogP contribution in [-0.2, 0) is 17.8 Å². The van der Waals surface area contributed by atoms with Gasteiger partial charge in [-0.05, 0) is 23.6 Å². The molecule has 2 heterocycles. The monoisotopic (exact) mass is 309 g/mol. The van der Waals surface area contributed by atoms with Crippen molar-refractivity contribution in [3.8, 4) is 6.07 Å². The number of hydrogen-bond acceptors (Lipinski definition) is 4. The van der Waals surface area contributed by atoms with E-state index in [1.165, 1.54) is 11.3 Å². The third kappa shape index (κ3) is 2.74. The molecule has 3 rings (SSSR count). The molecule has 0 radical (unpaired) electrons. The molecule has 1 aromatic heterocycles. The SMILES string of the molecule is N#Cc1c(N)sc2c1CCN(C(=O)/C=C/c1ccccc1)C2. The first-order valence-electron chi connectivity index (χ1n) is 7.01. The van der Waals surface area contributed by atoms with Crippen LogP contribution in [0.3, 0.4) is 0 Å². The molecule has 0 aliphatic carbocycles. The zero-order chi connectivity index (χ0) is 15.5. The lowest BCUT2D eigenvalue weighted by Gasteiger charge is -2.25. The fourth-order valence-corrected chi connectivity index (χ4v) is 3.66. The topological polar surface area (TPSA) is 70.1 Å². The highest BCUT2D eigenvalue weighted by Crippen LogP contribution is 2.34. The number of nitriles is 1. The lowest BCUT2D eigenvalue weighted by molar-refractivity contribution is -0.126. The molecule has 4 nitrogen and oxygen atoms in total. The number of nitrogens with zero attached hydrogens (tertiary/aromatic N) is 2. The Morgan fingerprint density at radius 2 is 2.14 bits per heavy atom. The van der Waals surface area contributed by atoms with E-state index in [2.05, 4.69) is 6.07 Å². The van der Waals surface area contributed by atoms with Gasteiger partial charge in [0.2, 0.25) is 5.91 Å². The van der Waals surface area contributed by atoms with Gasteiger partial charge in [0.15, 0.2) is 0 Å². The first-order valence-corrected chi connectivity index (χ1v) is 7.83. The van der Waals surface area contributed by atoms with Gasteiger partial charge in [-0.1, -0.05) is 30.3 Å². The van der Waals surface area contributed by atoms with Crippen molar-refractivity contribution in [3.05, 3.63) is 58.0 Å². The summed E-state index contributed by atoms with van der Waals surface area (Å²) in [6.45, 7) is 1.15. The average molecular weight is 309 g/mol. The quantitative estimate of drug-likeness (QED) is 0.867. The van der Waals surface area contributed by atoms with E-state index in [1.54, 1.807) is 11.0 Å². The third-order valence-electron chi connectivity index (χ3n) is 3.73. The lowest BCUT2D eigenvalue weighted by Crippen LogP contribution is -2.34. The zero-order valence-electron chi connectivity index (χ0n) is 12.0. The standard InChI is InChI=1S/C17H15N3OS/c18-10-14-13-8-9-20(11-15(13)22-17(14)19)16(21)7-6-12-4-2-1-3-5-12/h1-7H,8-9,11,19H2/b7-6+. The molecule has 2 N–H and O–H groups in total. The third-order valence-corrected chi connectivity index (χ3v) is 4.77. The number of fused-ring (bicyclic) bond motifs is 1. The zero-order valence-corrected chi connectivity index (χ0v) is 12.8. The molecule has 1 aromatic carbocycles. The predicted molar refractivity (Wildman–Crippen MR) is 88.0 cm³/mol. The van der Waals surface area contributed by atoms with Gasteiger partial charge in [-0.15, -0.1) is 11.3 Å². The summed E-state index contributed by atoms with van der Waals surface area (Å²) < 4.78 is 0. The van der Waals surface area contributed by atoms with Crippen LogP contribution in [-0.4, -0.2) is 17.4 Å². The predicted octanol–water partition coefficient (Wildman–Crippen LogP) is 2.80.